The summed E-state index contributed by atoms with van der Waals surface area (Å²) in [7, 11) is 0. The highest BCUT2D eigenvalue weighted by Gasteiger charge is 2.18. The van der Waals surface area contributed by atoms with Crippen molar-refractivity contribution in [2.24, 2.45) is 5.73 Å². The van der Waals surface area contributed by atoms with E-state index in [1.807, 2.05) is 6.07 Å². The van der Waals surface area contributed by atoms with Crippen LogP contribution in [-0.2, 0) is 14.3 Å². The van der Waals surface area contributed by atoms with E-state index in [4.69, 9.17) is 15.7 Å². The molecule has 0 radical (unpaired) electrons. The van der Waals surface area contributed by atoms with Crippen LogP contribution >= 0.6 is 0 Å². The molecule has 2 aromatic rings. The van der Waals surface area contributed by atoms with Crippen molar-refractivity contribution >= 4 is 23.5 Å². The van der Waals surface area contributed by atoms with Gasteiger partial charge in [0.25, 0.3) is 5.91 Å². The van der Waals surface area contributed by atoms with Crippen LogP contribution < -0.4 is 10.6 Å². The van der Waals surface area contributed by atoms with Crippen LogP contribution in [0.3, 0.4) is 0 Å². The molecule has 2 rings (SSSR count). The molecule has 0 heterocycles. The molecule has 0 fully saturated rings. The van der Waals surface area contributed by atoms with Crippen molar-refractivity contribution < 1.29 is 19.1 Å². The van der Waals surface area contributed by atoms with Crippen molar-refractivity contribution in [1.82, 2.24) is 0 Å². The zero-order valence-corrected chi connectivity index (χ0v) is 13.9. The third kappa shape index (κ3) is 5.18. The van der Waals surface area contributed by atoms with E-state index in [0.717, 1.165) is 0 Å². The Morgan fingerprint density at radius 2 is 1.69 bits per heavy atom. The number of primary amides is 1. The maximum atomic E-state index is 12.4. The fourth-order valence-corrected chi connectivity index (χ4v) is 2.20. The third-order valence-electron chi connectivity index (χ3n) is 3.53. The number of anilines is 1. The first-order chi connectivity index (χ1) is 12.5. The molecule has 0 saturated carbocycles. The minimum Gasteiger partial charge on any atom is -0.452 e. The van der Waals surface area contributed by atoms with Crippen molar-refractivity contribution in [3.8, 4) is 6.07 Å². The van der Waals surface area contributed by atoms with Gasteiger partial charge >= 0.3 is 5.97 Å². The molecule has 0 aliphatic heterocycles. The number of para-hydroxylation sites is 1. The Kier molecular flexibility index (Phi) is 6.46. The summed E-state index contributed by atoms with van der Waals surface area (Å²) < 4.78 is 5.04. The van der Waals surface area contributed by atoms with Crippen LogP contribution in [0.2, 0.25) is 0 Å². The second kappa shape index (κ2) is 8.99. The summed E-state index contributed by atoms with van der Waals surface area (Å²) in [5.41, 5.74) is 6.38. The second-order valence-electron chi connectivity index (χ2n) is 5.36. The molecule has 0 aromatic heterocycles. The Labute approximate surface area is 150 Å². The van der Waals surface area contributed by atoms with Crippen molar-refractivity contribution in [1.29, 1.82) is 5.26 Å². The maximum Gasteiger partial charge on any atom is 0.338 e. The lowest BCUT2D eigenvalue weighted by Crippen LogP contribution is -2.37. The molecule has 2 amide bonds. The quantitative estimate of drug-likeness (QED) is 0.762. The van der Waals surface area contributed by atoms with Gasteiger partial charge in [-0.05, 0) is 36.4 Å². The number of hydrogen-bond acceptors (Lipinski definition) is 5. The van der Waals surface area contributed by atoms with Crippen LogP contribution in [0.1, 0.15) is 22.3 Å². The van der Waals surface area contributed by atoms with E-state index >= 15 is 0 Å². The summed E-state index contributed by atoms with van der Waals surface area (Å²) in [6, 6.07) is 16.5. The number of amides is 2. The molecule has 0 bridgehead atoms. The van der Waals surface area contributed by atoms with Gasteiger partial charge < -0.3 is 15.4 Å². The van der Waals surface area contributed by atoms with Crippen LogP contribution in [0.25, 0.3) is 0 Å². The second-order valence-corrected chi connectivity index (χ2v) is 5.36. The monoisotopic (exact) mass is 351 g/mol. The molecule has 7 heteroatoms. The summed E-state index contributed by atoms with van der Waals surface area (Å²) >= 11 is 0. The van der Waals surface area contributed by atoms with Gasteiger partial charge in [-0.25, -0.2) is 4.79 Å². The van der Waals surface area contributed by atoms with E-state index in [9.17, 15) is 14.4 Å². The minimum absolute atomic E-state index is 0.00972. The van der Waals surface area contributed by atoms with E-state index in [2.05, 4.69) is 0 Å². The van der Waals surface area contributed by atoms with E-state index in [0.29, 0.717) is 11.3 Å². The molecule has 26 heavy (non-hydrogen) atoms. The summed E-state index contributed by atoms with van der Waals surface area (Å²) in [4.78, 5) is 36.9. The topological polar surface area (TPSA) is 113 Å². The molecule has 0 unspecified atom stereocenters. The normalized spacial score (nSPS) is 9.81. The van der Waals surface area contributed by atoms with Crippen LogP contribution in [0, 0.1) is 11.3 Å². The van der Waals surface area contributed by atoms with E-state index in [1.165, 1.54) is 29.2 Å². The fourth-order valence-electron chi connectivity index (χ4n) is 2.20. The lowest BCUT2D eigenvalue weighted by atomic mass is 10.1. The molecular formula is C19H17N3O4. The first-order valence-corrected chi connectivity index (χ1v) is 7.82. The number of rotatable bonds is 7. The number of nitriles is 1. The van der Waals surface area contributed by atoms with Crippen molar-refractivity contribution in [3.05, 3.63) is 65.7 Å². The molecule has 0 spiro atoms. The largest absolute Gasteiger partial charge is 0.452 e. The highest BCUT2D eigenvalue weighted by Crippen LogP contribution is 2.14. The van der Waals surface area contributed by atoms with Crippen LogP contribution in [-0.4, -0.2) is 30.9 Å². The molecular weight excluding hydrogens is 334 g/mol. The molecule has 0 aliphatic rings. The van der Waals surface area contributed by atoms with Crippen molar-refractivity contribution in [2.45, 2.75) is 6.42 Å². The maximum absolute atomic E-state index is 12.4. The lowest BCUT2D eigenvalue weighted by molar-refractivity contribution is -0.121. The summed E-state index contributed by atoms with van der Waals surface area (Å²) in [6.45, 7) is -0.390. The number of carbonyl (C=O) groups is 3. The number of nitrogens with two attached hydrogens (primary N) is 1. The molecule has 2 aromatic carbocycles. The van der Waals surface area contributed by atoms with Gasteiger partial charge in [-0.3, -0.25) is 9.59 Å². The van der Waals surface area contributed by atoms with Crippen LogP contribution in [0.4, 0.5) is 5.69 Å². The van der Waals surface area contributed by atoms with Gasteiger partial charge in [0.05, 0.1) is 17.2 Å². The molecule has 7 nitrogen and oxygen atoms in total. The summed E-state index contributed by atoms with van der Waals surface area (Å²) in [5, 5.41) is 8.75. The molecule has 0 atom stereocenters. The van der Waals surface area contributed by atoms with Gasteiger partial charge in [0, 0.05) is 18.7 Å². The Hall–Kier alpha value is -3.66. The van der Waals surface area contributed by atoms with E-state index in [-0.39, 0.29) is 18.5 Å². The number of nitrogens with zero attached hydrogens (tertiary/aromatic N) is 2. The van der Waals surface area contributed by atoms with Gasteiger partial charge in [-0.1, -0.05) is 18.2 Å². The predicted octanol–water partition coefficient (Wildman–Crippen LogP) is 1.62. The molecule has 2 N–H and O–H groups in total. The van der Waals surface area contributed by atoms with Crippen LogP contribution in [0.5, 0.6) is 0 Å². The number of esters is 1. The first kappa shape index (κ1) is 18.7. The average molecular weight is 351 g/mol. The Morgan fingerprint density at radius 1 is 1.04 bits per heavy atom. The summed E-state index contributed by atoms with van der Waals surface area (Å²) in [6.07, 6.45) is -0.00972. The van der Waals surface area contributed by atoms with Gasteiger partial charge in [0.1, 0.15) is 0 Å². The smallest absolute Gasteiger partial charge is 0.338 e. The van der Waals surface area contributed by atoms with Gasteiger partial charge in [0.15, 0.2) is 6.61 Å². The SMILES string of the molecule is N#Cc1ccc(C(=O)OCC(=O)N(CCC(N)=O)c2ccccc2)cc1. The van der Waals surface area contributed by atoms with E-state index in [1.54, 1.807) is 30.3 Å². The standard InChI is InChI=1S/C19H17N3O4/c20-12-14-6-8-15(9-7-14)19(25)26-13-18(24)22(11-10-17(21)23)16-4-2-1-3-5-16/h1-9H,10-11,13H2,(H2,21,23). The van der Waals surface area contributed by atoms with Crippen molar-refractivity contribution in [3.63, 3.8) is 0 Å². The Balaban J connectivity index is 2.02. The van der Waals surface area contributed by atoms with E-state index < -0.39 is 24.4 Å². The highest BCUT2D eigenvalue weighted by atomic mass is 16.5. The average Bonchev–Trinajstić information content (AvgIpc) is 2.67. The summed E-state index contributed by atoms with van der Waals surface area (Å²) in [5.74, 6) is -1.68. The Morgan fingerprint density at radius 3 is 2.27 bits per heavy atom. The van der Waals surface area contributed by atoms with Gasteiger partial charge in [-0.15, -0.1) is 0 Å². The third-order valence-corrected chi connectivity index (χ3v) is 3.53. The number of ether oxygens (including phenoxy) is 1. The highest BCUT2D eigenvalue weighted by molar-refractivity contribution is 5.97. The first-order valence-electron chi connectivity index (χ1n) is 7.82. The zero-order chi connectivity index (χ0) is 18.9. The number of carbonyl (C=O) groups excluding carboxylic acids is 3. The lowest BCUT2D eigenvalue weighted by Gasteiger charge is -2.22. The molecule has 0 saturated heterocycles. The van der Waals surface area contributed by atoms with Crippen LogP contribution in [0.15, 0.2) is 54.6 Å². The van der Waals surface area contributed by atoms with Crippen molar-refractivity contribution in [2.75, 3.05) is 18.1 Å². The Bertz CT molecular complexity index is 826. The zero-order valence-electron chi connectivity index (χ0n) is 13.9. The predicted molar refractivity (Wildman–Crippen MR) is 94.0 cm³/mol. The molecule has 0 aliphatic carbocycles. The fraction of sp³-hybridized carbons (Fsp3) is 0.158. The number of benzene rings is 2. The number of hydrogen-bond donors (Lipinski definition) is 1. The van der Waals surface area contributed by atoms with Gasteiger partial charge in [-0.2, -0.15) is 5.26 Å². The molecule has 132 valence electrons. The minimum atomic E-state index is -0.675. The van der Waals surface area contributed by atoms with Gasteiger partial charge in [0.2, 0.25) is 5.91 Å².